The topological polar surface area (TPSA) is 123 Å². The minimum absolute atomic E-state index is 0.0596. The number of hydrogen-bond donors (Lipinski definition) is 2. The van der Waals surface area contributed by atoms with Crippen LogP contribution in [0.3, 0.4) is 0 Å². The number of carbonyl (C=O) groups is 2. The Morgan fingerprint density at radius 1 is 1.15 bits per heavy atom. The van der Waals surface area contributed by atoms with E-state index in [1.54, 1.807) is 44.6 Å². The van der Waals surface area contributed by atoms with E-state index >= 15 is 0 Å². The Kier molecular flexibility index (Phi) is 6.18. The average Bonchev–Trinajstić information content (AvgIpc) is 3.40. The van der Waals surface area contributed by atoms with E-state index < -0.39 is 11.9 Å². The van der Waals surface area contributed by atoms with Gasteiger partial charge in [0.05, 0.1) is 40.1 Å². The molecule has 0 unspecified atom stereocenters. The Hall–Kier alpha value is -4.05. The maximum atomic E-state index is 12.7. The number of nitrogens with one attached hydrogen (secondary N) is 1. The van der Waals surface area contributed by atoms with Gasteiger partial charge < -0.3 is 34.0 Å². The summed E-state index contributed by atoms with van der Waals surface area (Å²) in [7, 11) is 4.36. The lowest BCUT2D eigenvalue weighted by Gasteiger charge is -2.14. The van der Waals surface area contributed by atoms with Crippen LogP contribution in [-0.2, 0) is 14.3 Å². The molecule has 0 fully saturated rings. The second kappa shape index (κ2) is 9.21. The quantitative estimate of drug-likeness (QED) is 0.494. The molecule has 0 spiro atoms. The fourth-order valence-electron chi connectivity index (χ4n) is 3.59. The van der Waals surface area contributed by atoms with E-state index in [1.807, 2.05) is 6.07 Å². The molecule has 0 aliphatic carbocycles. The van der Waals surface area contributed by atoms with Crippen LogP contribution in [-0.4, -0.2) is 67.9 Å². The molecule has 0 bridgehead atoms. The van der Waals surface area contributed by atoms with Gasteiger partial charge in [0.1, 0.15) is 11.2 Å². The predicted octanol–water partition coefficient (Wildman–Crippen LogP) is 2.19. The summed E-state index contributed by atoms with van der Waals surface area (Å²) >= 11 is 0. The van der Waals surface area contributed by atoms with Crippen LogP contribution in [0, 0.1) is 0 Å². The predicted molar refractivity (Wildman–Crippen MR) is 119 cm³/mol. The fraction of sp³-hybridized carbons (Fsp3) is 0.261. The van der Waals surface area contributed by atoms with Crippen molar-refractivity contribution in [3.05, 3.63) is 47.7 Å². The maximum Gasteiger partial charge on any atom is 0.337 e. The number of aliphatic hydroxyl groups is 1. The van der Waals surface area contributed by atoms with Crippen molar-refractivity contribution >= 4 is 28.7 Å². The van der Waals surface area contributed by atoms with E-state index in [0.717, 1.165) is 0 Å². The first-order valence-electron chi connectivity index (χ1n) is 10.1. The lowest BCUT2D eigenvalue weighted by molar-refractivity contribution is -0.136. The molecule has 172 valence electrons. The SMILES string of the molecule is COC(=O)C1=C(Nc2ccc3oc(-c4ccc(OC)c(OC)c4)nc3c2)C(=O)N(CCO)C1. The second-order valence-electron chi connectivity index (χ2n) is 7.19. The van der Waals surface area contributed by atoms with E-state index in [2.05, 4.69) is 10.3 Å². The lowest BCUT2D eigenvalue weighted by Crippen LogP contribution is -2.31. The van der Waals surface area contributed by atoms with Gasteiger partial charge in [-0.3, -0.25) is 4.79 Å². The summed E-state index contributed by atoms with van der Waals surface area (Å²) in [6, 6.07) is 10.5. The highest BCUT2D eigenvalue weighted by Gasteiger charge is 2.34. The van der Waals surface area contributed by atoms with E-state index in [1.165, 1.54) is 12.0 Å². The summed E-state index contributed by atoms with van der Waals surface area (Å²) in [6.07, 6.45) is 0. The third-order valence-electron chi connectivity index (χ3n) is 5.24. The number of methoxy groups -OCH3 is 3. The highest BCUT2D eigenvalue weighted by atomic mass is 16.5. The number of aliphatic hydroxyl groups excluding tert-OH is 1. The Labute approximate surface area is 189 Å². The maximum absolute atomic E-state index is 12.7. The average molecular weight is 453 g/mol. The minimum atomic E-state index is -0.607. The van der Waals surface area contributed by atoms with Crippen molar-refractivity contribution in [1.29, 1.82) is 0 Å². The van der Waals surface area contributed by atoms with Gasteiger partial charge >= 0.3 is 5.97 Å². The molecule has 2 N–H and O–H groups in total. The van der Waals surface area contributed by atoms with Gasteiger partial charge in [-0.25, -0.2) is 9.78 Å². The fourth-order valence-corrected chi connectivity index (χ4v) is 3.59. The second-order valence-corrected chi connectivity index (χ2v) is 7.19. The molecule has 1 amide bonds. The third-order valence-corrected chi connectivity index (χ3v) is 5.24. The van der Waals surface area contributed by atoms with Gasteiger partial charge in [0.25, 0.3) is 5.91 Å². The molecule has 1 aliphatic heterocycles. The molecule has 33 heavy (non-hydrogen) atoms. The number of β-amino-alcohol motifs (C(OH)–C–C–N with tert-alkyl or cyclic N) is 1. The zero-order chi connectivity index (χ0) is 23.5. The van der Waals surface area contributed by atoms with Crippen LogP contribution in [0.5, 0.6) is 11.5 Å². The third kappa shape index (κ3) is 4.20. The molecule has 4 rings (SSSR count). The number of rotatable bonds is 8. The summed E-state index contributed by atoms with van der Waals surface area (Å²) in [5.74, 6) is 0.535. The number of ether oxygens (including phenoxy) is 3. The molecule has 3 aromatic rings. The normalized spacial score (nSPS) is 13.6. The van der Waals surface area contributed by atoms with Crippen LogP contribution >= 0.6 is 0 Å². The molecule has 2 heterocycles. The van der Waals surface area contributed by atoms with Crippen LogP contribution in [0.1, 0.15) is 0 Å². The molecule has 2 aromatic carbocycles. The number of benzene rings is 2. The first-order chi connectivity index (χ1) is 16.0. The van der Waals surface area contributed by atoms with Crippen LogP contribution in [0.2, 0.25) is 0 Å². The summed E-state index contributed by atoms with van der Waals surface area (Å²) in [4.78, 5) is 30.8. The van der Waals surface area contributed by atoms with Gasteiger partial charge in [-0.15, -0.1) is 0 Å². The molecule has 0 radical (unpaired) electrons. The molecule has 1 aromatic heterocycles. The van der Waals surface area contributed by atoms with Gasteiger partial charge in [0.15, 0.2) is 17.1 Å². The molecular formula is C23H23N3O7. The van der Waals surface area contributed by atoms with Gasteiger partial charge in [-0.05, 0) is 36.4 Å². The lowest BCUT2D eigenvalue weighted by atomic mass is 10.2. The van der Waals surface area contributed by atoms with Crippen molar-refractivity contribution in [3.63, 3.8) is 0 Å². The molecule has 1 aliphatic rings. The number of hydrogen-bond acceptors (Lipinski definition) is 9. The number of fused-ring (bicyclic) bond motifs is 1. The Morgan fingerprint density at radius 3 is 2.64 bits per heavy atom. The van der Waals surface area contributed by atoms with Crippen LogP contribution in [0.15, 0.2) is 52.1 Å². The van der Waals surface area contributed by atoms with Gasteiger partial charge in [0.2, 0.25) is 5.89 Å². The molecule has 0 saturated heterocycles. The summed E-state index contributed by atoms with van der Waals surface area (Å²) in [6.45, 7) is -0.0388. The van der Waals surface area contributed by atoms with Crippen molar-refractivity contribution in [2.45, 2.75) is 0 Å². The molecular weight excluding hydrogens is 430 g/mol. The number of anilines is 1. The zero-order valence-electron chi connectivity index (χ0n) is 18.4. The highest BCUT2D eigenvalue weighted by Crippen LogP contribution is 2.34. The number of amides is 1. The standard InChI is InChI=1S/C23H23N3O7/c1-30-18-6-4-13(10-19(18)31-2)21-25-16-11-14(5-7-17(16)33-21)24-20-15(23(29)32-3)12-26(8-9-27)22(20)28/h4-7,10-11,24,27H,8-9,12H2,1-3H3. The van der Waals surface area contributed by atoms with E-state index in [-0.39, 0.29) is 31.0 Å². The molecule has 0 saturated carbocycles. The first kappa shape index (κ1) is 22.2. The number of nitrogens with zero attached hydrogens (tertiary/aromatic N) is 2. The monoisotopic (exact) mass is 453 g/mol. The van der Waals surface area contributed by atoms with E-state index in [9.17, 15) is 14.7 Å². The Morgan fingerprint density at radius 2 is 1.94 bits per heavy atom. The van der Waals surface area contributed by atoms with Crippen molar-refractivity contribution in [3.8, 4) is 23.0 Å². The van der Waals surface area contributed by atoms with Crippen molar-refractivity contribution in [2.24, 2.45) is 0 Å². The van der Waals surface area contributed by atoms with Gasteiger partial charge in [0, 0.05) is 17.8 Å². The van der Waals surface area contributed by atoms with Crippen LogP contribution < -0.4 is 14.8 Å². The minimum Gasteiger partial charge on any atom is -0.493 e. The van der Waals surface area contributed by atoms with Crippen molar-refractivity contribution in [2.75, 3.05) is 46.3 Å². The number of oxazole rings is 1. The van der Waals surface area contributed by atoms with E-state index in [0.29, 0.717) is 39.7 Å². The first-order valence-corrected chi connectivity index (χ1v) is 10.1. The van der Waals surface area contributed by atoms with Crippen LogP contribution in [0.4, 0.5) is 5.69 Å². The summed E-state index contributed by atoms with van der Waals surface area (Å²) < 4.78 is 21.3. The molecule has 10 heteroatoms. The Balaban J connectivity index is 1.65. The van der Waals surface area contributed by atoms with Crippen molar-refractivity contribution < 1.29 is 33.3 Å². The molecule has 10 nitrogen and oxygen atoms in total. The summed E-state index contributed by atoms with van der Waals surface area (Å²) in [5.41, 5.74) is 2.67. The van der Waals surface area contributed by atoms with Crippen molar-refractivity contribution in [1.82, 2.24) is 9.88 Å². The number of esters is 1. The van der Waals surface area contributed by atoms with E-state index in [4.69, 9.17) is 18.6 Å². The zero-order valence-corrected chi connectivity index (χ0v) is 18.4. The number of aromatic nitrogens is 1. The Bertz CT molecular complexity index is 1250. The smallest absolute Gasteiger partial charge is 0.337 e. The molecule has 0 atom stereocenters. The largest absolute Gasteiger partial charge is 0.493 e. The van der Waals surface area contributed by atoms with Gasteiger partial charge in [-0.1, -0.05) is 0 Å². The number of carbonyl (C=O) groups excluding carboxylic acids is 2. The van der Waals surface area contributed by atoms with Crippen LogP contribution in [0.25, 0.3) is 22.6 Å². The highest BCUT2D eigenvalue weighted by molar-refractivity contribution is 6.08. The van der Waals surface area contributed by atoms with Gasteiger partial charge in [-0.2, -0.15) is 0 Å². The summed E-state index contributed by atoms with van der Waals surface area (Å²) in [5, 5.41) is 12.2.